The summed E-state index contributed by atoms with van der Waals surface area (Å²) < 4.78 is 18.8. The molecule has 0 bridgehead atoms. The van der Waals surface area contributed by atoms with Crippen molar-refractivity contribution in [3.05, 3.63) is 35.6 Å². The number of aliphatic hydroxyl groups is 1. The Morgan fingerprint density at radius 3 is 2.66 bits per heavy atom. The molecular weight excluding hydrogens is 377 g/mol. The molecule has 3 N–H and O–H groups in total. The summed E-state index contributed by atoms with van der Waals surface area (Å²) in [7, 11) is 1.60. The van der Waals surface area contributed by atoms with Gasteiger partial charge in [0, 0.05) is 51.9 Å². The van der Waals surface area contributed by atoms with Gasteiger partial charge in [-0.25, -0.2) is 4.39 Å². The number of nitrogens with zero attached hydrogens (tertiary/aromatic N) is 3. The van der Waals surface area contributed by atoms with Gasteiger partial charge in [-0.05, 0) is 13.0 Å². The van der Waals surface area contributed by atoms with E-state index in [1.807, 2.05) is 6.92 Å². The lowest BCUT2D eigenvalue weighted by atomic mass is 10.1. The fraction of sp³-hybridized carbons (Fsp3) is 0.600. The number of nitrogens with one attached hydrogen (secondary N) is 2. The molecule has 29 heavy (non-hydrogen) atoms. The van der Waals surface area contributed by atoms with Crippen LogP contribution in [0.2, 0.25) is 0 Å². The second-order valence-electron chi connectivity index (χ2n) is 6.84. The maximum atomic E-state index is 13.8. The number of aliphatic hydroxyl groups excluding tert-OH is 1. The van der Waals surface area contributed by atoms with Crippen LogP contribution in [-0.2, 0) is 9.53 Å². The van der Waals surface area contributed by atoms with Crippen LogP contribution in [0.4, 0.5) is 4.39 Å². The number of hydrogen-bond donors (Lipinski definition) is 3. The number of methoxy groups -OCH3 is 1. The lowest BCUT2D eigenvalue weighted by Gasteiger charge is -2.36. The Balaban J connectivity index is 1.86. The minimum atomic E-state index is -0.998. The van der Waals surface area contributed by atoms with Crippen LogP contribution in [0, 0.1) is 5.82 Å². The molecule has 8 nitrogen and oxygen atoms in total. The van der Waals surface area contributed by atoms with E-state index in [4.69, 9.17) is 4.74 Å². The molecular formula is C20H32FN5O3. The largest absolute Gasteiger partial charge is 0.386 e. The number of hydrogen-bond acceptors (Lipinski definition) is 5. The molecule has 0 aromatic heterocycles. The molecule has 1 aromatic rings. The molecule has 1 aromatic carbocycles. The van der Waals surface area contributed by atoms with E-state index in [-0.39, 0.29) is 18.0 Å². The van der Waals surface area contributed by atoms with E-state index in [1.54, 1.807) is 25.3 Å². The zero-order valence-corrected chi connectivity index (χ0v) is 17.2. The van der Waals surface area contributed by atoms with Crippen molar-refractivity contribution in [3.8, 4) is 0 Å². The Labute approximate surface area is 171 Å². The van der Waals surface area contributed by atoms with Gasteiger partial charge in [0.25, 0.3) is 0 Å². The molecule has 9 heteroatoms. The summed E-state index contributed by atoms with van der Waals surface area (Å²) in [6.45, 7) is 7.01. The lowest BCUT2D eigenvalue weighted by molar-refractivity contribution is -0.122. The van der Waals surface area contributed by atoms with E-state index in [1.165, 1.54) is 6.07 Å². The van der Waals surface area contributed by atoms with Gasteiger partial charge in [-0.2, -0.15) is 0 Å². The average Bonchev–Trinajstić information content (AvgIpc) is 2.72. The molecule has 0 radical (unpaired) electrons. The van der Waals surface area contributed by atoms with Crippen LogP contribution >= 0.6 is 0 Å². The van der Waals surface area contributed by atoms with Crippen LogP contribution in [0.25, 0.3) is 0 Å². The number of amides is 1. The summed E-state index contributed by atoms with van der Waals surface area (Å²) in [5, 5.41) is 16.3. The van der Waals surface area contributed by atoms with Crippen LogP contribution in [0.3, 0.4) is 0 Å². The number of rotatable bonds is 9. The quantitative estimate of drug-likeness (QED) is 0.307. The first-order valence-corrected chi connectivity index (χ1v) is 9.98. The lowest BCUT2D eigenvalue weighted by Crippen LogP contribution is -2.54. The van der Waals surface area contributed by atoms with Crippen molar-refractivity contribution < 1.29 is 19.0 Å². The average molecular weight is 410 g/mol. The van der Waals surface area contributed by atoms with Gasteiger partial charge in [-0.3, -0.25) is 14.7 Å². The summed E-state index contributed by atoms with van der Waals surface area (Å²) in [6, 6.07) is 6.19. The number of carbonyl (C=O) groups is 1. The van der Waals surface area contributed by atoms with Gasteiger partial charge < -0.3 is 25.4 Å². The van der Waals surface area contributed by atoms with Gasteiger partial charge in [-0.1, -0.05) is 18.2 Å². The highest BCUT2D eigenvalue weighted by Gasteiger charge is 2.21. The van der Waals surface area contributed by atoms with Gasteiger partial charge in [0.05, 0.1) is 19.7 Å². The number of halogens is 1. The second-order valence-corrected chi connectivity index (χ2v) is 6.84. The molecule has 1 heterocycles. The van der Waals surface area contributed by atoms with Gasteiger partial charge in [0.2, 0.25) is 5.91 Å². The summed E-state index contributed by atoms with van der Waals surface area (Å²) >= 11 is 0. The van der Waals surface area contributed by atoms with Crippen LogP contribution in [0.15, 0.2) is 29.3 Å². The van der Waals surface area contributed by atoms with Crippen molar-refractivity contribution in [1.82, 2.24) is 20.4 Å². The van der Waals surface area contributed by atoms with Crippen LogP contribution in [-0.4, -0.2) is 92.8 Å². The second kappa shape index (κ2) is 12.4. The standard InChI is InChI=1S/C20H32FN5O3/c1-3-22-20(24-14-18(27)16-6-4-5-7-17(16)21)26-11-9-25(10-12-26)15-19(28)23-8-13-29-2/h4-7,18,27H,3,8-15H2,1-2H3,(H,22,24)(H,23,28). The SMILES string of the molecule is CCNC(=NCC(O)c1ccccc1F)N1CCN(CC(=O)NCCOC)CC1. The molecule has 2 rings (SSSR count). The maximum Gasteiger partial charge on any atom is 0.234 e. The Morgan fingerprint density at radius 1 is 1.28 bits per heavy atom. The van der Waals surface area contributed by atoms with Crippen LogP contribution in [0.1, 0.15) is 18.6 Å². The zero-order chi connectivity index (χ0) is 21.1. The first-order chi connectivity index (χ1) is 14.0. The number of aliphatic imine (C=N–C) groups is 1. The van der Waals surface area contributed by atoms with E-state index in [0.717, 1.165) is 13.1 Å². The molecule has 1 aliphatic rings. The third-order valence-corrected chi connectivity index (χ3v) is 4.68. The van der Waals surface area contributed by atoms with E-state index in [9.17, 15) is 14.3 Å². The van der Waals surface area contributed by atoms with Gasteiger partial charge in [0.1, 0.15) is 11.9 Å². The molecule has 1 amide bonds. The highest BCUT2D eigenvalue weighted by atomic mass is 19.1. The summed E-state index contributed by atoms with van der Waals surface area (Å²) in [5.41, 5.74) is 0.247. The molecule has 0 spiro atoms. The minimum absolute atomic E-state index is 0.0101. The van der Waals surface area contributed by atoms with Crippen LogP contribution in [0.5, 0.6) is 0 Å². The molecule has 1 saturated heterocycles. The molecule has 1 fully saturated rings. The number of carbonyl (C=O) groups excluding carboxylic acids is 1. The first kappa shape index (κ1) is 23.1. The summed E-state index contributed by atoms with van der Waals surface area (Å²) in [6.07, 6.45) is -0.998. The Hall–Kier alpha value is -2.23. The Kier molecular flexibility index (Phi) is 9.82. The van der Waals surface area contributed by atoms with E-state index >= 15 is 0 Å². The Bertz CT molecular complexity index is 665. The van der Waals surface area contributed by atoms with Crippen molar-refractivity contribution in [2.75, 3.05) is 66.1 Å². The first-order valence-electron chi connectivity index (χ1n) is 9.98. The molecule has 0 aliphatic carbocycles. The summed E-state index contributed by atoms with van der Waals surface area (Å²) in [4.78, 5) is 20.6. The normalized spacial score (nSPS) is 16.6. The summed E-state index contributed by atoms with van der Waals surface area (Å²) in [5.74, 6) is 0.244. The van der Waals surface area contributed by atoms with Crippen LogP contribution < -0.4 is 10.6 Å². The highest BCUT2D eigenvalue weighted by molar-refractivity contribution is 5.80. The fourth-order valence-electron chi connectivity index (χ4n) is 3.11. The number of benzene rings is 1. The molecule has 1 aliphatic heterocycles. The predicted molar refractivity (Wildman–Crippen MR) is 110 cm³/mol. The highest BCUT2D eigenvalue weighted by Crippen LogP contribution is 2.17. The zero-order valence-electron chi connectivity index (χ0n) is 17.2. The predicted octanol–water partition coefficient (Wildman–Crippen LogP) is 0.205. The minimum Gasteiger partial charge on any atom is -0.386 e. The van der Waals surface area contributed by atoms with Crippen molar-refractivity contribution in [3.63, 3.8) is 0 Å². The molecule has 162 valence electrons. The number of piperazine rings is 1. The third-order valence-electron chi connectivity index (χ3n) is 4.68. The third kappa shape index (κ3) is 7.60. The Morgan fingerprint density at radius 2 is 2.00 bits per heavy atom. The van der Waals surface area contributed by atoms with Crippen molar-refractivity contribution in [1.29, 1.82) is 0 Å². The monoisotopic (exact) mass is 409 g/mol. The topological polar surface area (TPSA) is 89.4 Å². The molecule has 1 unspecified atom stereocenters. The van der Waals surface area contributed by atoms with Crippen molar-refractivity contribution >= 4 is 11.9 Å². The number of ether oxygens (including phenoxy) is 1. The maximum absolute atomic E-state index is 13.8. The smallest absolute Gasteiger partial charge is 0.234 e. The van der Waals surface area contributed by atoms with Crippen molar-refractivity contribution in [2.45, 2.75) is 13.0 Å². The van der Waals surface area contributed by atoms with E-state index in [0.29, 0.717) is 45.3 Å². The van der Waals surface area contributed by atoms with E-state index in [2.05, 4.69) is 25.4 Å². The van der Waals surface area contributed by atoms with Gasteiger partial charge >= 0.3 is 0 Å². The van der Waals surface area contributed by atoms with Gasteiger partial charge in [-0.15, -0.1) is 0 Å². The van der Waals surface area contributed by atoms with Crippen molar-refractivity contribution in [2.24, 2.45) is 4.99 Å². The number of guanidine groups is 1. The molecule has 1 atom stereocenters. The molecule has 0 saturated carbocycles. The fourth-order valence-corrected chi connectivity index (χ4v) is 3.11. The van der Waals surface area contributed by atoms with E-state index < -0.39 is 11.9 Å². The van der Waals surface area contributed by atoms with Gasteiger partial charge in [0.15, 0.2) is 5.96 Å².